The number of hydrogen-bond donors (Lipinski definition) is 3. The molecule has 4 N–H and O–H groups in total. The zero-order chi connectivity index (χ0) is 24.0. The van der Waals surface area contributed by atoms with Crippen molar-refractivity contribution in [2.75, 3.05) is 11.1 Å². The van der Waals surface area contributed by atoms with Gasteiger partial charge in [0, 0.05) is 6.07 Å². The van der Waals surface area contributed by atoms with E-state index >= 15 is 0 Å². The second-order valence-electron chi connectivity index (χ2n) is 7.21. The minimum Gasteiger partial charge on any atom is -0.382 e. The van der Waals surface area contributed by atoms with E-state index in [1.165, 1.54) is 0 Å². The fourth-order valence-electron chi connectivity index (χ4n) is 3.36. The molecule has 0 bridgehead atoms. The SMILES string of the molecule is Cc1nc(N)c2c(n1)c(C)nn2-c1ccc(NC(=O)[C@H](O)c2cc(F)cc(F)c2)c(F)c1F. The van der Waals surface area contributed by atoms with Crippen LogP contribution in [0.15, 0.2) is 30.3 Å². The zero-order valence-corrected chi connectivity index (χ0v) is 17.2. The second-order valence-corrected chi connectivity index (χ2v) is 7.21. The standard InChI is InChI=1S/C21H16F4N6O2/c1-8-17-18(20(26)28-9(2)27-17)31(30-8)14-4-3-13(15(24)16(14)25)29-21(33)19(32)10-5-11(22)7-12(23)6-10/h3-7,19,32H,1-2H3,(H,29,33)(H2,26,27,28)/t19-/m1/s1. The number of hydrogen-bond acceptors (Lipinski definition) is 6. The highest BCUT2D eigenvalue weighted by molar-refractivity contribution is 5.95. The normalized spacial score (nSPS) is 12.2. The van der Waals surface area contributed by atoms with Crippen molar-refractivity contribution in [1.82, 2.24) is 19.7 Å². The lowest BCUT2D eigenvalue weighted by Crippen LogP contribution is -2.22. The van der Waals surface area contributed by atoms with Gasteiger partial charge in [0.2, 0.25) is 0 Å². The third-order valence-corrected chi connectivity index (χ3v) is 4.82. The maximum Gasteiger partial charge on any atom is 0.257 e. The summed E-state index contributed by atoms with van der Waals surface area (Å²) in [5.74, 6) is -5.68. The van der Waals surface area contributed by atoms with Gasteiger partial charge < -0.3 is 16.2 Å². The quantitative estimate of drug-likeness (QED) is 0.403. The molecule has 0 aliphatic rings. The number of fused-ring (bicyclic) bond motifs is 1. The Morgan fingerprint density at radius 1 is 1.06 bits per heavy atom. The van der Waals surface area contributed by atoms with Crippen LogP contribution in [0.3, 0.4) is 0 Å². The second kappa shape index (κ2) is 8.13. The number of anilines is 2. The summed E-state index contributed by atoms with van der Waals surface area (Å²) in [6, 6.07) is 4.22. The molecule has 2 aromatic carbocycles. The van der Waals surface area contributed by atoms with E-state index in [2.05, 4.69) is 15.1 Å². The van der Waals surface area contributed by atoms with Gasteiger partial charge in [0.25, 0.3) is 5.91 Å². The molecule has 0 fully saturated rings. The number of nitrogens with two attached hydrogens (primary N) is 1. The van der Waals surface area contributed by atoms with Gasteiger partial charge in [-0.05, 0) is 43.7 Å². The summed E-state index contributed by atoms with van der Waals surface area (Å²) in [6.07, 6.45) is -2.03. The Balaban J connectivity index is 1.69. The van der Waals surface area contributed by atoms with E-state index in [0.29, 0.717) is 23.1 Å². The van der Waals surface area contributed by atoms with Crippen molar-refractivity contribution < 1.29 is 27.5 Å². The van der Waals surface area contributed by atoms with Crippen LogP contribution < -0.4 is 11.1 Å². The molecule has 0 spiro atoms. The smallest absolute Gasteiger partial charge is 0.257 e. The molecule has 0 radical (unpaired) electrons. The van der Waals surface area contributed by atoms with Crippen molar-refractivity contribution in [1.29, 1.82) is 0 Å². The Kier molecular flexibility index (Phi) is 5.46. The molecular weight excluding hydrogens is 444 g/mol. The first kappa shape index (κ1) is 22.1. The summed E-state index contributed by atoms with van der Waals surface area (Å²) in [6.45, 7) is 3.24. The highest BCUT2D eigenvalue weighted by Gasteiger charge is 2.24. The summed E-state index contributed by atoms with van der Waals surface area (Å²) in [5, 5.41) is 16.2. The van der Waals surface area contributed by atoms with Gasteiger partial charge in [-0.15, -0.1) is 0 Å². The monoisotopic (exact) mass is 460 g/mol. The third kappa shape index (κ3) is 3.96. The molecule has 0 saturated heterocycles. The lowest BCUT2D eigenvalue weighted by Gasteiger charge is -2.14. The maximum absolute atomic E-state index is 14.9. The molecule has 12 heteroatoms. The molecule has 170 valence electrons. The number of carbonyl (C=O) groups is 1. The zero-order valence-electron chi connectivity index (χ0n) is 17.2. The Bertz CT molecular complexity index is 1400. The van der Waals surface area contributed by atoms with E-state index < -0.39 is 46.5 Å². The lowest BCUT2D eigenvalue weighted by molar-refractivity contribution is -0.124. The van der Waals surface area contributed by atoms with Crippen molar-refractivity contribution in [2.45, 2.75) is 20.0 Å². The van der Waals surface area contributed by atoms with E-state index in [-0.39, 0.29) is 17.0 Å². The van der Waals surface area contributed by atoms with Crippen molar-refractivity contribution in [3.05, 3.63) is 70.7 Å². The van der Waals surface area contributed by atoms with Gasteiger partial charge in [-0.2, -0.15) is 5.10 Å². The Morgan fingerprint density at radius 2 is 1.73 bits per heavy atom. The fourth-order valence-corrected chi connectivity index (χ4v) is 3.36. The number of halogens is 4. The summed E-state index contributed by atoms with van der Waals surface area (Å²) in [4.78, 5) is 20.5. The molecule has 1 atom stereocenters. The van der Waals surface area contributed by atoms with Gasteiger partial charge in [-0.3, -0.25) is 4.79 Å². The molecule has 4 aromatic rings. The topological polar surface area (TPSA) is 119 Å². The first-order chi connectivity index (χ1) is 15.6. The Hall–Kier alpha value is -4.06. The number of aryl methyl sites for hydroxylation is 2. The number of nitrogen functional groups attached to an aromatic ring is 1. The third-order valence-electron chi connectivity index (χ3n) is 4.82. The molecule has 8 nitrogen and oxygen atoms in total. The predicted molar refractivity (Wildman–Crippen MR) is 110 cm³/mol. The molecular formula is C21H16F4N6O2. The number of aromatic nitrogens is 4. The Labute approximate surface area is 183 Å². The van der Waals surface area contributed by atoms with Crippen LogP contribution >= 0.6 is 0 Å². The maximum atomic E-state index is 14.9. The van der Waals surface area contributed by atoms with E-state index in [4.69, 9.17) is 5.73 Å². The highest BCUT2D eigenvalue weighted by atomic mass is 19.2. The average molecular weight is 460 g/mol. The first-order valence-electron chi connectivity index (χ1n) is 9.49. The molecule has 0 aliphatic heterocycles. The fraction of sp³-hybridized carbons (Fsp3) is 0.143. The molecule has 2 heterocycles. The highest BCUT2D eigenvalue weighted by Crippen LogP contribution is 2.29. The first-order valence-corrected chi connectivity index (χ1v) is 9.49. The predicted octanol–water partition coefficient (Wildman–Crippen LogP) is 3.24. The Morgan fingerprint density at radius 3 is 2.39 bits per heavy atom. The molecule has 0 saturated carbocycles. The van der Waals surface area contributed by atoms with E-state index in [0.717, 1.165) is 28.9 Å². The number of carbonyl (C=O) groups excluding carboxylic acids is 1. The number of benzene rings is 2. The summed E-state index contributed by atoms with van der Waals surface area (Å²) >= 11 is 0. The van der Waals surface area contributed by atoms with Crippen LogP contribution in [0.1, 0.15) is 23.2 Å². The average Bonchev–Trinajstić information content (AvgIpc) is 3.06. The molecule has 0 unspecified atom stereocenters. The van der Waals surface area contributed by atoms with Gasteiger partial charge in [-0.25, -0.2) is 32.2 Å². The van der Waals surface area contributed by atoms with Crippen LogP contribution in [-0.2, 0) is 4.79 Å². The van der Waals surface area contributed by atoms with E-state index in [1.807, 2.05) is 5.32 Å². The van der Waals surface area contributed by atoms with Crippen molar-refractivity contribution in [3.63, 3.8) is 0 Å². The number of aliphatic hydroxyl groups is 1. The minimum absolute atomic E-state index is 0.0146. The van der Waals surface area contributed by atoms with Gasteiger partial charge in [0.1, 0.15) is 34.2 Å². The summed E-state index contributed by atoms with van der Waals surface area (Å²) in [7, 11) is 0. The van der Waals surface area contributed by atoms with Crippen molar-refractivity contribution >= 4 is 28.4 Å². The summed E-state index contributed by atoms with van der Waals surface area (Å²) < 4.78 is 57.5. The van der Waals surface area contributed by atoms with Crippen LogP contribution in [0, 0.1) is 37.1 Å². The number of aliphatic hydroxyl groups excluding tert-OH is 1. The van der Waals surface area contributed by atoms with Crippen LogP contribution in [0.5, 0.6) is 0 Å². The van der Waals surface area contributed by atoms with Crippen molar-refractivity contribution in [3.8, 4) is 5.69 Å². The van der Waals surface area contributed by atoms with Gasteiger partial charge in [0.15, 0.2) is 23.6 Å². The molecule has 4 rings (SSSR count). The van der Waals surface area contributed by atoms with Crippen LogP contribution in [0.25, 0.3) is 16.7 Å². The number of rotatable bonds is 4. The largest absolute Gasteiger partial charge is 0.382 e. The molecule has 1 amide bonds. The molecule has 33 heavy (non-hydrogen) atoms. The molecule has 2 aromatic heterocycles. The minimum atomic E-state index is -2.03. The van der Waals surface area contributed by atoms with Crippen LogP contribution in [0.2, 0.25) is 0 Å². The van der Waals surface area contributed by atoms with E-state index in [9.17, 15) is 27.5 Å². The lowest BCUT2D eigenvalue weighted by atomic mass is 10.1. The van der Waals surface area contributed by atoms with E-state index in [1.54, 1.807) is 13.8 Å². The van der Waals surface area contributed by atoms with Gasteiger partial charge >= 0.3 is 0 Å². The number of nitrogens with zero attached hydrogens (tertiary/aromatic N) is 4. The number of nitrogens with one attached hydrogen (secondary N) is 1. The van der Waals surface area contributed by atoms with Gasteiger partial charge in [0.05, 0.1) is 11.4 Å². The van der Waals surface area contributed by atoms with Gasteiger partial charge in [-0.1, -0.05) is 0 Å². The van der Waals surface area contributed by atoms with Crippen LogP contribution in [0.4, 0.5) is 29.1 Å². The summed E-state index contributed by atoms with van der Waals surface area (Å²) in [5.41, 5.74) is 5.56. The molecule has 0 aliphatic carbocycles. The van der Waals surface area contributed by atoms with Crippen LogP contribution in [-0.4, -0.2) is 30.8 Å². The number of amides is 1. The van der Waals surface area contributed by atoms with Crippen molar-refractivity contribution in [2.24, 2.45) is 0 Å².